The Morgan fingerprint density at radius 3 is 2.50 bits per heavy atom. The second-order valence-corrected chi connectivity index (χ2v) is 4.85. The van der Waals surface area contributed by atoms with Crippen LogP contribution in [0, 0.1) is 0 Å². The van der Waals surface area contributed by atoms with Crippen LogP contribution in [-0.4, -0.2) is 16.7 Å². The first kappa shape index (κ1) is 14.1. The van der Waals surface area contributed by atoms with E-state index in [2.05, 4.69) is 4.98 Å². The van der Waals surface area contributed by atoms with Gasteiger partial charge >= 0.3 is 0 Å². The highest BCUT2D eigenvalue weighted by Crippen LogP contribution is 2.26. The van der Waals surface area contributed by atoms with Crippen LogP contribution < -0.4 is 15.0 Å². The van der Waals surface area contributed by atoms with Crippen molar-refractivity contribution in [3.63, 3.8) is 0 Å². The van der Waals surface area contributed by atoms with Gasteiger partial charge in [0.1, 0.15) is 12.4 Å². The van der Waals surface area contributed by atoms with E-state index in [1.165, 1.54) is 4.57 Å². The number of methoxy groups -OCH3 is 1. The quantitative estimate of drug-likeness (QED) is 0.742. The number of para-hydroxylation sites is 3. The summed E-state index contributed by atoms with van der Waals surface area (Å²) in [6.07, 6.45) is 0. The summed E-state index contributed by atoms with van der Waals surface area (Å²) < 4.78 is 12.5. The van der Waals surface area contributed by atoms with Crippen LogP contribution in [0.1, 0.15) is 5.82 Å². The van der Waals surface area contributed by atoms with Gasteiger partial charge in [-0.2, -0.15) is 0 Å². The minimum Gasteiger partial charge on any atom is -0.493 e. The maximum Gasteiger partial charge on any atom is 0.261 e. The highest BCUT2D eigenvalue weighted by Gasteiger charge is 2.09. The molecular formula is C17H16N2O3. The topological polar surface area (TPSA) is 53.4 Å². The van der Waals surface area contributed by atoms with Crippen molar-refractivity contribution < 1.29 is 9.47 Å². The van der Waals surface area contributed by atoms with Crippen molar-refractivity contribution >= 4 is 10.9 Å². The molecule has 0 fully saturated rings. The van der Waals surface area contributed by atoms with Gasteiger partial charge < -0.3 is 9.47 Å². The minimum atomic E-state index is -0.0794. The third kappa shape index (κ3) is 2.53. The average molecular weight is 296 g/mol. The summed E-state index contributed by atoms with van der Waals surface area (Å²) in [5.41, 5.74) is 0.591. The fourth-order valence-corrected chi connectivity index (χ4v) is 2.27. The highest BCUT2D eigenvalue weighted by molar-refractivity contribution is 5.77. The maximum absolute atomic E-state index is 12.3. The third-order valence-electron chi connectivity index (χ3n) is 3.50. The molecule has 0 aliphatic carbocycles. The molecule has 5 heteroatoms. The molecule has 0 amide bonds. The standard InChI is InChI=1S/C17H16N2O3/c1-19-16(11-22-15-10-6-5-9-14(15)21-2)18-13-8-4-3-7-12(13)17(19)20/h3-10H,11H2,1-2H3. The molecule has 3 aromatic rings. The molecule has 0 atom stereocenters. The van der Waals surface area contributed by atoms with E-state index in [9.17, 15) is 4.79 Å². The first-order valence-corrected chi connectivity index (χ1v) is 6.91. The summed E-state index contributed by atoms with van der Waals surface area (Å²) in [5.74, 6) is 1.83. The fraction of sp³-hybridized carbons (Fsp3) is 0.176. The van der Waals surface area contributed by atoms with Crippen molar-refractivity contribution in [1.29, 1.82) is 0 Å². The highest BCUT2D eigenvalue weighted by atomic mass is 16.5. The van der Waals surface area contributed by atoms with E-state index < -0.39 is 0 Å². The second-order valence-electron chi connectivity index (χ2n) is 4.85. The Morgan fingerprint density at radius 1 is 1.05 bits per heavy atom. The lowest BCUT2D eigenvalue weighted by Crippen LogP contribution is -2.23. The number of fused-ring (bicyclic) bond motifs is 1. The number of hydrogen-bond acceptors (Lipinski definition) is 4. The predicted molar refractivity (Wildman–Crippen MR) is 84.3 cm³/mol. The van der Waals surface area contributed by atoms with E-state index in [4.69, 9.17) is 9.47 Å². The third-order valence-corrected chi connectivity index (χ3v) is 3.50. The lowest BCUT2D eigenvalue weighted by Gasteiger charge is -2.12. The van der Waals surface area contributed by atoms with Crippen LogP contribution in [0.3, 0.4) is 0 Å². The van der Waals surface area contributed by atoms with Crippen LogP contribution in [0.25, 0.3) is 10.9 Å². The fourth-order valence-electron chi connectivity index (χ4n) is 2.27. The van der Waals surface area contributed by atoms with Crippen LogP contribution in [-0.2, 0) is 13.7 Å². The number of aromatic nitrogens is 2. The van der Waals surface area contributed by atoms with Crippen LogP contribution in [0.2, 0.25) is 0 Å². The zero-order valence-electron chi connectivity index (χ0n) is 12.4. The molecule has 0 aliphatic rings. The molecule has 22 heavy (non-hydrogen) atoms. The van der Waals surface area contributed by atoms with E-state index in [0.717, 1.165) is 0 Å². The summed E-state index contributed by atoms with van der Waals surface area (Å²) in [5, 5.41) is 0.603. The summed E-state index contributed by atoms with van der Waals surface area (Å²) in [6.45, 7) is 0.191. The van der Waals surface area contributed by atoms with E-state index in [1.807, 2.05) is 42.5 Å². The molecule has 1 heterocycles. The SMILES string of the molecule is COc1ccccc1OCc1nc2ccccc2c(=O)n1C. The predicted octanol–water partition coefficient (Wildman–Crippen LogP) is 2.52. The Bertz CT molecular complexity index is 871. The molecule has 0 N–H and O–H groups in total. The molecule has 0 saturated heterocycles. The molecule has 112 valence electrons. The summed E-state index contributed by atoms with van der Waals surface area (Å²) >= 11 is 0. The summed E-state index contributed by atoms with van der Waals surface area (Å²) in [6, 6.07) is 14.7. The molecule has 0 saturated carbocycles. The summed E-state index contributed by atoms with van der Waals surface area (Å²) in [7, 11) is 3.29. The lowest BCUT2D eigenvalue weighted by atomic mass is 10.2. The van der Waals surface area contributed by atoms with E-state index in [0.29, 0.717) is 28.2 Å². The molecule has 3 rings (SSSR count). The Hall–Kier alpha value is -2.82. The van der Waals surface area contributed by atoms with Gasteiger partial charge in [0.2, 0.25) is 0 Å². The van der Waals surface area contributed by atoms with Gasteiger partial charge in [0.25, 0.3) is 5.56 Å². The molecule has 2 aromatic carbocycles. The number of rotatable bonds is 4. The van der Waals surface area contributed by atoms with E-state index in [-0.39, 0.29) is 12.2 Å². The number of hydrogen-bond donors (Lipinski definition) is 0. The molecule has 1 aromatic heterocycles. The van der Waals surface area contributed by atoms with Gasteiger partial charge in [-0.05, 0) is 24.3 Å². The zero-order chi connectivity index (χ0) is 15.5. The van der Waals surface area contributed by atoms with Gasteiger partial charge in [-0.3, -0.25) is 9.36 Å². The Balaban J connectivity index is 1.94. The van der Waals surface area contributed by atoms with Crippen LogP contribution in [0.4, 0.5) is 0 Å². The van der Waals surface area contributed by atoms with Gasteiger partial charge in [0, 0.05) is 7.05 Å². The molecule has 0 aliphatic heterocycles. The van der Waals surface area contributed by atoms with Crippen LogP contribution in [0.5, 0.6) is 11.5 Å². The largest absolute Gasteiger partial charge is 0.493 e. The van der Waals surface area contributed by atoms with E-state index >= 15 is 0 Å². The van der Waals surface area contributed by atoms with E-state index in [1.54, 1.807) is 20.2 Å². The monoisotopic (exact) mass is 296 g/mol. The summed E-state index contributed by atoms with van der Waals surface area (Å²) in [4.78, 5) is 16.8. The smallest absolute Gasteiger partial charge is 0.261 e. The van der Waals surface area contributed by atoms with Crippen molar-refractivity contribution in [2.75, 3.05) is 7.11 Å². The van der Waals surface area contributed by atoms with Crippen molar-refractivity contribution in [2.24, 2.45) is 7.05 Å². The molecule has 0 bridgehead atoms. The van der Waals surface area contributed by atoms with Gasteiger partial charge in [-0.25, -0.2) is 4.98 Å². The Morgan fingerprint density at radius 2 is 1.73 bits per heavy atom. The Kier molecular flexibility index (Phi) is 3.78. The van der Waals surface area contributed by atoms with Crippen LogP contribution >= 0.6 is 0 Å². The van der Waals surface area contributed by atoms with Gasteiger partial charge in [0.15, 0.2) is 11.5 Å². The molecule has 0 spiro atoms. The molecule has 0 radical (unpaired) electrons. The van der Waals surface area contributed by atoms with Crippen LogP contribution in [0.15, 0.2) is 53.3 Å². The van der Waals surface area contributed by atoms with Gasteiger partial charge in [-0.1, -0.05) is 24.3 Å². The maximum atomic E-state index is 12.3. The Labute approximate surface area is 127 Å². The first-order chi connectivity index (χ1) is 10.7. The van der Waals surface area contributed by atoms with Crippen molar-refractivity contribution in [3.05, 3.63) is 64.7 Å². The second kappa shape index (κ2) is 5.89. The first-order valence-electron chi connectivity index (χ1n) is 6.91. The number of ether oxygens (including phenoxy) is 2. The number of nitrogens with zero attached hydrogens (tertiary/aromatic N) is 2. The average Bonchev–Trinajstić information content (AvgIpc) is 2.57. The van der Waals surface area contributed by atoms with Gasteiger partial charge in [-0.15, -0.1) is 0 Å². The van der Waals surface area contributed by atoms with Crippen molar-refractivity contribution in [3.8, 4) is 11.5 Å². The zero-order valence-corrected chi connectivity index (χ0v) is 12.4. The van der Waals surface area contributed by atoms with Crippen molar-refractivity contribution in [2.45, 2.75) is 6.61 Å². The molecule has 5 nitrogen and oxygen atoms in total. The molecular weight excluding hydrogens is 280 g/mol. The van der Waals surface area contributed by atoms with Gasteiger partial charge in [0.05, 0.1) is 18.0 Å². The number of benzene rings is 2. The minimum absolute atomic E-state index is 0.0794. The lowest BCUT2D eigenvalue weighted by molar-refractivity contribution is 0.271. The molecule has 0 unspecified atom stereocenters. The van der Waals surface area contributed by atoms with Crippen molar-refractivity contribution in [1.82, 2.24) is 9.55 Å². The normalized spacial score (nSPS) is 10.6.